The smallest absolute Gasteiger partial charge is 0.312 e. The standard InChI is InChI=1S/C10H11ClN4O4/c11-8-5-6(15(18)19)1-2-7(8)9(16)13-3-4-14-10(12)17/h1-2,5H,3-4H2,(H,13,16)(H3,12,14,17). The normalized spacial score (nSPS) is 9.74. The van der Waals surface area contributed by atoms with E-state index >= 15 is 0 Å². The summed E-state index contributed by atoms with van der Waals surface area (Å²) in [5.74, 6) is -0.494. The first-order chi connectivity index (χ1) is 8.91. The Kier molecular flexibility index (Phi) is 5.07. The Morgan fingerprint density at radius 3 is 2.47 bits per heavy atom. The van der Waals surface area contributed by atoms with Gasteiger partial charge in [0.05, 0.1) is 15.5 Å². The number of nitrogens with two attached hydrogens (primary N) is 1. The molecule has 0 saturated heterocycles. The Bertz CT molecular complexity index is 520. The molecule has 0 unspecified atom stereocenters. The lowest BCUT2D eigenvalue weighted by molar-refractivity contribution is -0.384. The van der Waals surface area contributed by atoms with Crippen LogP contribution in [0.15, 0.2) is 18.2 Å². The molecule has 0 radical (unpaired) electrons. The van der Waals surface area contributed by atoms with E-state index in [1.165, 1.54) is 12.1 Å². The van der Waals surface area contributed by atoms with Gasteiger partial charge < -0.3 is 16.4 Å². The topological polar surface area (TPSA) is 127 Å². The van der Waals surface area contributed by atoms with Gasteiger partial charge in [-0.25, -0.2) is 4.79 Å². The van der Waals surface area contributed by atoms with Crippen molar-refractivity contribution in [2.45, 2.75) is 0 Å². The molecule has 0 heterocycles. The maximum Gasteiger partial charge on any atom is 0.312 e. The number of carbonyl (C=O) groups is 2. The fraction of sp³-hybridized carbons (Fsp3) is 0.200. The van der Waals surface area contributed by atoms with Crippen molar-refractivity contribution in [3.05, 3.63) is 38.9 Å². The lowest BCUT2D eigenvalue weighted by Gasteiger charge is -2.06. The van der Waals surface area contributed by atoms with Crippen molar-refractivity contribution in [1.82, 2.24) is 10.6 Å². The molecule has 1 aromatic carbocycles. The molecule has 9 heteroatoms. The van der Waals surface area contributed by atoms with Crippen molar-refractivity contribution in [1.29, 1.82) is 0 Å². The first kappa shape index (κ1) is 14.7. The highest BCUT2D eigenvalue weighted by atomic mass is 35.5. The summed E-state index contributed by atoms with van der Waals surface area (Å²) < 4.78 is 0. The second kappa shape index (κ2) is 6.55. The number of primary amides is 1. The van der Waals surface area contributed by atoms with Crippen molar-refractivity contribution in [2.24, 2.45) is 5.73 Å². The number of nitrogens with one attached hydrogen (secondary N) is 2. The molecule has 0 bridgehead atoms. The van der Waals surface area contributed by atoms with Crippen LogP contribution in [0.5, 0.6) is 0 Å². The third-order valence-corrected chi connectivity index (χ3v) is 2.43. The van der Waals surface area contributed by atoms with Crippen LogP contribution in [-0.4, -0.2) is 30.0 Å². The first-order valence-corrected chi connectivity index (χ1v) is 5.55. The number of rotatable bonds is 5. The summed E-state index contributed by atoms with van der Waals surface area (Å²) in [7, 11) is 0. The van der Waals surface area contributed by atoms with E-state index in [2.05, 4.69) is 10.6 Å². The molecule has 0 aliphatic heterocycles. The monoisotopic (exact) mass is 286 g/mol. The van der Waals surface area contributed by atoms with Crippen LogP contribution in [0.4, 0.5) is 10.5 Å². The fourth-order valence-corrected chi connectivity index (χ4v) is 1.52. The van der Waals surface area contributed by atoms with Crippen LogP contribution in [0, 0.1) is 10.1 Å². The zero-order valence-corrected chi connectivity index (χ0v) is 10.4. The Labute approximate surface area is 113 Å². The van der Waals surface area contributed by atoms with Gasteiger partial charge in [0.2, 0.25) is 0 Å². The molecule has 0 fully saturated rings. The highest BCUT2D eigenvalue weighted by molar-refractivity contribution is 6.34. The number of amides is 3. The van der Waals surface area contributed by atoms with Gasteiger partial charge >= 0.3 is 6.03 Å². The SMILES string of the molecule is NC(=O)NCCNC(=O)c1ccc([N+](=O)[O-])cc1Cl. The highest BCUT2D eigenvalue weighted by Crippen LogP contribution is 2.22. The van der Waals surface area contributed by atoms with E-state index in [4.69, 9.17) is 17.3 Å². The van der Waals surface area contributed by atoms with Crippen LogP contribution < -0.4 is 16.4 Å². The summed E-state index contributed by atoms with van der Waals surface area (Å²) in [5.41, 5.74) is 4.76. The summed E-state index contributed by atoms with van der Waals surface area (Å²) in [6, 6.07) is 2.85. The number of nitrogens with zero attached hydrogens (tertiary/aromatic N) is 1. The summed E-state index contributed by atoms with van der Waals surface area (Å²) in [6.45, 7) is 0.334. The Morgan fingerprint density at radius 1 is 1.32 bits per heavy atom. The quantitative estimate of drug-likeness (QED) is 0.417. The summed E-state index contributed by atoms with van der Waals surface area (Å²) >= 11 is 5.78. The van der Waals surface area contributed by atoms with E-state index in [1.54, 1.807) is 0 Å². The molecule has 3 amide bonds. The van der Waals surface area contributed by atoms with E-state index < -0.39 is 16.9 Å². The largest absolute Gasteiger partial charge is 0.352 e. The predicted octanol–water partition coefficient (Wildman–Crippen LogP) is 0.646. The minimum Gasteiger partial charge on any atom is -0.352 e. The number of hydrogen-bond acceptors (Lipinski definition) is 4. The molecule has 8 nitrogen and oxygen atoms in total. The van der Waals surface area contributed by atoms with E-state index in [0.717, 1.165) is 6.07 Å². The van der Waals surface area contributed by atoms with Gasteiger partial charge in [-0.1, -0.05) is 11.6 Å². The average Bonchev–Trinajstić information content (AvgIpc) is 2.33. The molecule has 0 spiro atoms. The molecule has 0 aliphatic carbocycles. The molecule has 0 aromatic heterocycles. The van der Waals surface area contributed by atoms with Crippen molar-refractivity contribution < 1.29 is 14.5 Å². The summed E-state index contributed by atoms with van der Waals surface area (Å²) in [4.78, 5) is 32.0. The van der Waals surface area contributed by atoms with Gasteiger partial charge in [-0.15, -0.1) is 0 Å². The van der Waals surface area contributed by atoms with Crippen LogP contribution in [0.1, 0.15) is 10.4 Å². The Hall–Kier alpha value is -2.35. The second-order valence-electron chi connectivity index (χ2n) is 3.47. The van der Waals surface area contributed by atoms with Crippen LogP contribution in [-0.2, 0) is 0 Å². The Morgan fingerprint density at radius 2 is 1.95 bits per heavy atom. The van der Waals surface area contributed by atoms with E-state index in [0.29, 0.717) is 0 Å². The zero-order valence-electron chi connectivity index (χ0n) is 9.68. The van der Waals surface area contributed by atoms with Gasteiger partial charge in [0.1, 0.15) is 0 Å². The average molecular weight is 287 g/mol. The van der Waals surface area contributed by atoms with Gasteiger partial charge in [-0.2, -0.15) is 0 Å². The van der Waals surface area contributed by atoms with Crippen LogP contribution >= 0.6 is 11.6 Å². The molecule has 0 aliphatic rings. The Balaban J connectivity index is 2.62. The molecule has 0 atom stereocenters. The number of hydrogen-bond donors (Lipinski definition) is 3. The fourth-order valence-electron chi connectivity index (χ4n) is 1.26. The van der Waals surface area contributed by atoms with Crippen molar-refractivity contribution in [3.8, 4) is 0 Å². The third kappa shape index (κ3) is 4.43. The van der Waals surface area contributed by atoms with E-state index in [9.17, 15) is 19.7 Å². The number of urea groups is 1. The molecule has 1 aromatic rings. The van der Waals surface area contributed by atoms with Crippen molar-refractivity contribution in [2.75, 3.05) is 13.1 Å². The van der Waals surface area contributed by atoms with Crippen molar-refractivity contribution >= 4 is 29.2 Å². The number of nitro benzene ring substituents is 1. The maximum atomic E-state index is 11.7. The molecular weight excluding hydrogens is 276 g/mol. The van der Waals surface area contributed by atoms with E-state index in [-0.39, 0.29) is 29.4 Å². The molecule has 102 valence electrons. The predicted molar refractivity (Wildman–Crippen MR) is 68.0 cm³/mol. The molecule has 1 rings (SSSR count). The van der Waals surface area contributed by atoms with Gasteiger partial charge in [0.25, 0.3) is 11.6 Å². The summed E-state index contributed by atoms with van der Waals surface area (Å²) in [6.07, 6.45) is 0. The molecular formula is C10H11ClN4O4. The van der Waals surface area contributed by atoms with Crippen LogP contribution in [0.25, 0.3) is 0 Å². The zero-order chi connectivity index (χ0) is 14.4. The van der Waals surface area contributed by atoms with E-state index in [1.807, 2.05) is 0 Å². The van der Waals surface area contributed by atoms with Gasteiger partial charge in [0.15, 0.2) is 0 Å². The minimum absolute atomic E-state index is 0.0189. The van der Waals surface area contributed by atoms with Gasteiger partial charge in [-0.3, -0.25) is 14.9 Å². The number of carbonyl (C=O) groups excluding carboxylic acids is 2. The first-order valence-electron chi connectivity index (χ1n) is 5.17. The molecule has 19 heavy (non-hydrogen) atoms. The van der Waals surface area contributed by atoms with Crippen molar-refractivity contribution in [3.63, 3.8) is 0 Å². The lowest BCUT2D eigenvalue weighted by Crippen LogP contribution is -2.37. The third-order valence-electron chi connectivity index (χ3n) is 2.12. The maximum absolute atomic E-state index is 11.7. The number of non-ortho nitro benzene ring substituents is 1. The number of nitro groups is 1. The number of halogens is 1. The summed E-state index contributed by atoms with van der Waals surface area (Å²) in [5, 5.41) is 15.3. The molecule has 0 saturated carbocycles. The van der Waals surface area contributed by atoms with Crippen LogP contribution in [0.3, 0.4) is 0 Å². The lowest BCUT2D eigenvalue weighted by atomic mass is 10.2. The van der Waals surface area contributed by atoms with Gasteiger partial charge in [-0.05, 0) is 6.07 Å². The van der Waals surface area contributed by atoms with Gasteiger partial charge in [0, 0.05) is 25.2 Å². The second-order valence-corrected chi connectivity index (χ2v) is 3.88. The highest BCUT2D eigenvalue weighted by Gasteiger charge is 2.14. The number of benzene rings is 1. The minimum atomic E-state index is -0.692. The van der Waals surface area contributed by atoms with Crippen LogP contribution in [0.2, 0.25) is 5.02 Å². The molecule has 4 N–H and O–H groups in total.